The van der Waals surface area contributed by atoms with Gasteiger partial charge >= 0.3 is 5.63 Å². The van der Waals surface area contributed by atoms with Crippen LogP contribution in [0.15, 0.2) is 69.9 Å². The van der Waals surface area contributed by atoms with Gasteiger partial charge in [0.05, 0.1) is 6.54 Å². The van der Waals surface area contributed by atoms with Gasteiger partial charge in [0.15, 0.2) is 0 Å². The van der Waals surface area contributed by atoms with E-state index >= 15 is 0 Å². The standard InChI is InChI=1S/C24H23N3O5/c28-21(15-25-23(30)16-4-2-1-3-5-16)27-12-10-17(11-13-27)24(31)26-19-7-8-20-18(14-19)6-9-22(29)32-20/h1-9,14,17H,10-13,15H2,(H,25,30)(H,26,31). The van der Waals surface area contributed by atoms with Gasteiger partial charge < -0.3 is 20.0 Å². The predicted molar refractivity (Wildman–Crippen MR) is 119 cm³/mol. The first-order valence-electron chi connectivity index (χ1n) is 10.5. The Kier molecular flexibility index (Phi) is 6.30. The Bertz CT molecular complexity index is 1200. The molecule has 1 saturated heterocycles. The Morgan fingerprint density at radius 2 is 1.72 bits per heavy atom. The Morgan fingerprint density at radius 1 is 0.969 bits per heavy atom. The molecule has 0 radical (unpaired) electrons. The average molecular weight is 433 g/mol. The molecule has 0 unspecified atom stereocenters. The van der Waals surface area contributed by atoms with Gasteiger partial charge in [0, 0.05) is 41.7 Å². The van der Waals surface area contributed by atoms with Crippen molar-refractivity contribution in [2.75, 3.05) is 25.0 Å². The summed E-state index contributed by atoms with van der Waals surface area (Å²) in [6.07, 6.45) is 1.10. The molecular weight excluding hydrogens is 410 g/mol. The van der Waals surface area contributed by atoms with Crippen LogP contribution in [-0.4, -0.2) is 42.3 Å². The number of piperidine rings is 1. The molecular formula is C24H23N3O5. The molecule has 0 aliphatic carbocycles. The number of benzene rings is 2. The first-order valence-corrected chi connectivity index (χ1v) is 10.5. The second-order valence-electron chi connectivity index (χ2n) is 7.70. The average Bonchev–Trinajstić information content (AvgIpc) is 2.83. The van der Waals surface area contributed by atoms with Crippen molar-refractivity contribution in [1.29, 1.82) is 0 Å². The lowest BCUT2D eigenvalue weighted by molar-refractivity contribution is -0.133. The lowest BCUT2D eigenvalue weighted by atomic mass is 9.95. The minimum absolute atomic E-state index is 0.0716. The van der Waals surface area contributed by atoms with Crippen molar-refractivity contribution >= 4 is 34.4 Å². The van der Waals surface area contributed by atoms with Crippen LogP contribution in [0, 0.1) is 5.92 Å². The summed E-state index contributed by atoms with van der Waals surface area (Å²) >= 11 is 0. The van der Waals surface area contributed by atoms with Crippen LogP contribution in [0.25, 0.3) is 11.0 Å². The summed E-state index contributed by atoms with van der Waals surface area (Å²) in [7, 11) is 0. The quantitative estimate of drug-likeness (QED) is 0.601. The zero-order valence-electron chi connectivity index (χ0n) is 17.4. The molecule has 1 aromatic heterocycles. The van der Waals surface area contributed by atoms with Crippen LogP contribution >= 0.6 is 0 Å². The molecule has 3 aromatic rings. The van der Waals surface area contributed by atoms with Gasteiger partial charge in [-0.15, -0.1) is 0 Å². The zero-order valence-corrected chi connectivity index (χ0v) is 17.4. The van der Waals surface area contributed by atoms with E-state index in [-0.39, 0.29) is 30.2 Å². The van der Waals surface area contributed by atoms with E-state index in [0.717, 1.165) is 5.39 Å². The zero-order chi connectivity index (χ0) is 22.5. The van der Waals surface area contributed by atoms with Crippen LogP contribution in [0.4, 0.5) is 5.69 Å². The number of rotatable bonds is 5. The van der Waals surface area contributed by atoms with Crippen LogP contribution in [0.3, 0.4) is 0 Å². The molecule has 1 aliphatic rings. The fourth-order valence-electron chi connectivity index (χ4n) is 3.74. The molecule has 0 saturated carbocycles. The Morgan fingerprint density at radius 3 is 2.47 bits per heavy atom. The second kappa shape index (κ2) is 9.47. The molecule has 2 aromatic carbocycles. The van der Waals surface area contributed by atoms with Crippen molar-refractivity contribution in [3.8, 4) is 0 Å². The monoisotopic (exact) mass is 433 g/mol. The molecule has 1 fully saturated rings. The van der Waals surface area contributed by atoms with Crippen LogP contribution < -0.4 is 16.3 Å². The minimum Gasteiger partial charge on any atom is -0.423 e. The van der Waals surface area contributed by atoms with Gasteiger partial charge in [-0.25, -0.2) is 4.79 Å². The number of anilines is 1. The third-order valence-corrected chi connectivity index (χ3v) is 5.54. The maximum atomic E-state index is 12.7. The van der Waals surface area contributed by atoms with Gasteiger partial charge in [-0.05, 0) is 49.2 Å². The highest BCUT2D eigenvalue weighted by Gasteiger charge is 2.27. The first kappa shape index (κ1) is 21.3. The Labute approximate surface area is 184 Å². The number of hydrogen-bond acceptors (Lipinski definition) is 5. The topological polar surface area (TPSA) is 109 Å². The highest BCUT2D eigenvalue weighted by atomic mass is 16.4. The van der Waals surface area contributed by atoms with Crippen LogP contribution in [-0.2, 0) is 9.59 Å². The van der Waals surface area contributed by atoms with Crippen LogP contribution in [0.5, 0.6) is 0 Å². The van der Waals surface area contributed by atoms with E-state index in [1.54, 1.807) is 53.4 Å². The van der Waals surface area contributed by atoms with Crippen molar-refractivity contribution in [2.45, 2.75) is 12.8 Å². The van der Waals surface area contributed by atoms with E-state index in [1.807, 2.05) is 6.07 Å². The third kappa shape index (κ3) is 5.03. The van der Waals surface area contributed by atoms with E-state index in [1.165, 1.54) is 6.07 Å². The van der Waals surface area contributed by atoms with Crippen molar-refractivity contribution in [3.05, 3.63) is 76.6 Å². The van der Waals surface area contributed by atoms with E-state index in [2.05, 4.69) is 10.6 Å². The van der Waals surface area contributed by atoms with Gasteiger partial charge in [0.2, 0.25) is 11.8 Å². The molecule has 4 rings (SSSR count). The van der Waals surface area contributed by atoms with Gasteiger partial charge in [-0.1, -0.05) is 18.2 Å². The summed E-state index contributed by atoms with van der Waals surface area (Å²) in [5.41, 5.74) is 1.17. The summed E-state index contributed by atoms with van der Waals surface area (Å²) < 4.78 is 5.10. The van der Waals surface area contributed by atoms with Crippen molar-refractivity contribution < 1.29 is 18.8 Å². The molecule has 1 aliphatic heterocycles. The Balaban J connectivity index is 1.26. The van der Waals surface area contributed by atoms with Crippen LogP contribution in [0.2, 0.25) is 0 Å². The molecule has 2 N–H and O–H groups in total. The Hall–Kier alpha value is -3.94. The van der Waals surface area contributed by atoms with Crippen molar-refractivity contribution in [2.24, 2.45) is 5.92 Å². The summed E-state index contributed by atoms with van der Waals surface area (Å²) in [6.45, 7) is 0.847. The summed E-state index contributed by atoms with van der Waals surface area (Å²) in [5.74, 6) is -0.763. The summed E-state index contributed by atoms with van der Waals surface area (Å²) in [5, 5.41) is 6.27. The maximum Gasteiger partial charge on any atom is 0.336 e. The molecule has 8 nitrogen and oxygen atoms in total. The van der Waals surface area contributed by atoms with Crippen LogP contribution in [0.1, 0.15) is 23.2 Å². The van der Waals surface area contributed by atoms with E-state index in [4.69, 9.17) is 4.42 Å². The SMILES string of the molecule is O=C(NCC(=O)N1CCC(C(=O)Nc2ccc3oc(=O)ccc3c2)CC1)c1ccccc1. The van der Waals surface area contributed by atoms with Gasteiger partial charge in [0.25, 0.3) is 5.91 Å². The summed E-state index contributed by atoms with van der Waals surface area (Å²) in [6, 6.07) is 16.8. The smallest absolute Gasteiger partial charge is 0.336 e. The van der Waals surface area contributed by atoms with Crippen molar-refractivity contribution in [1.82, 2.24) is 10.2 Å². The fraction of sp³-hybridized carbons (Fsp3) is 0.250. The number of fused-ring (bicyclic) bond motifs is 1. The van der Waals surface area contributed by atoms with Gasteiger partial charge in [-0.2, -0.15) is 0 Å². The number of carbonyl (C=O) groups excluding carboxylic acids is 3. The second-order valence-corrected chi connectivity index (χ2v) is 7.70. The third-order valence-electron chi connectivity index (χ3n) is 5.54. The van der Waals surface area contributed by atoms with Gasteiger partial charge in [-0.3, -0.25) is 14.4 Å². The molecule has 0 spiro atoms. The van der Waals surface area contributed by atoms with E-state index in [9.17, 15) is 19.2 Å². The molecule has 164 valence electrons. The van der Waals surface area contributed by atoms with E-state index < -0.39 is 5.63 Å². The number of amides is 3. The summed E-state index contributed by atoms with van der Waals surface area (Å²) in [4.78, 5) is 50.1. The number of nitrogens with zero attached hydrogens (tertiary/aromatic N) is 1. The maximum absolute atomic E-state index is 12.7. The number of likely N-dealkylation sites (tertiary alicyclic amines) is 1. The first-order chi connectivity index (χ1) is 15.5. The molecule has 32 heavy (non-hydrogen) atoms. The number of nitrogens with one attached hydrogen (secondary N) is 2. The van der Waals surface area contributed by atoms with E-state index in [0.29, 0.717) is 42.8 Å². The lowest BCUT2D eigenvalue weighted by Gasteiger charge is -2.31. The largest absolute Gasteiger partial charge is 0.423 e. The fourth-order valence-corrected chi connectivity index (χ4v) is 3.74. The van der Waals surface area contributed by atoms with Crippen molar-refractivity contribution in [3.63, 3.8) is 0 Å². The number of carbonyl (C=O) groups is 3. The minimum atomic E-state index is -0.421. The lowest BCUT2D eigenvalue weighted by Crippen LogP contribution is -2.45. The van der Waals surface area contributed by atoms with Gasteiger partial charge in [0.1, 0.15) is 5.58 Å². The molecule has 0 atom stereocenters. The molecule has 2 heterocycles. The normalized spacial score (nSPS) is 14.2. The molecule has 3 amide bonds. The molecule has 8 heteroatoms. The molecule has 0 bridgehead atoms. The number of hydrogen-bond donors (Lipinski definition) is 2. The highest BCUT2D eigenvalue weighted by Crippen LogP contribution is 2.22. The predicted octanol–water partition coefficient (Wildman–Crippen LogP) is 2.40. The highest BCUT2D eigenvalue weighted by molar-refractivity contribution is 5.97.